The molecule has 10 nitrogen and oxygen atoms in total. The highest BCUT2D eigenvalue weighted by atomic mass is 19.1. The molecule has 3 heterocycles. The van der Waals surface area contributed by atoms with E-state index in [9.17, 15) is 14.0 Å². The van der Waals surface area contributed by atoms with Crippen molar-refractivity contribution < 1.29 is 27.8 Å². The monoisotopic (exact) mass is 573 g/mol. The Balaban J connectivity index is 1.43. The molecule has 5 rings (SSSR count). The van der Waals surface area contributed by atoms with E-state index >= 15 is 4.39 Å². The van der Waals surface area contributed by atoms with Gasteiger partial charge in [-0.05, 0) is 49.2 Å². The summed E-state index contributed by atoms with van der Waals surface area (Å²) in [6.45, 7) is 3.35. The minimum absolute atomic E-state index is 0.0675. The van der Waals surface area contributed by atoms with Crippen molar-refractivity contribution >= 4 is 22.6 Å². The van der Waals surface area contributed by atoms with Crippen molar-refractivity contribution in [3.63, 3.8) is 0 Å². The number of rotatable bonds is 7. The smallest absolute Gasteiger partial charge is 0.280 e. The number of aromatic nitrogens is 4. The molecule has 0 aliphatic heterocycles. The molecule has 0 aliphatic carbocycles. The number of nitrogens with zero attached hydrogens (tertiary/aromatic N) is 4. The number of benzene rings is 2. The molecular weight excluding hydrogens is 548 g/mol. The Morgan fingerprint density at radius 3 is 2.43 bits per heavy atom. The van der Waals surface area contributed by atoms with Gasteiger partial charge in [0.15, 0.2) is 28.8 Å². The molecule has 0 radical (unpaired) electrons. The van der Waals surface area contributed by atoms with Crippen molar-refractivity contribution in [1.82, 2.24) is 19.7 Å². The third-order valence-electron chi connectivity index (χ3n) is 6.64. The summed E-state index contributed by atoms with van der Waals surface area (Å²) >= 11 is 0. The molecule has 5 aromatic rings. The predicted octanol–water partition coefficient (Wildman–Crippen LogP) is 5.35. The second-order valence-electron chi connectivity index (χ2n) is 9.30. The van der Waals surface area contributed by atoms with E-state index in [0.717, 1.165) is 6.07 Å². The lowest BCUT2D eigenvalue weighted by Gasteiger charge is -2.14. The molecule has 3 aromatic heterocycles. The topological polar surface area (TPSA) is 117 Å². The standard InChI is InChI=1S/C30H25F2N5O5/c1-15-12-17(31)6-8-19(15)25-16(2)37(3)36-27(28(25)38)29(39)34-18-7-9-22(20(32)13-18)42-23-10-11-33-21-14-24(40-4)30(41-5)35-26(21)23/h6-14H,1-5H3,(H,34,39). The number of fused-ring (bicyclic) bond motifs is 1. The quantitative estimate of drug-likeness (QED) is 0.277. The lowest BCUT2D eigenvalue weighted by Crippen LogP contribution is -2.28. The molecule has 0 fully saturated rings. The molecule has 0 saturated carbocycles. The van der Waals surface area contributed by atoms with Crippen LogP contribution in [-0.2, 0) is 7.05 Å². The van der Waals surface area contributed by atoms with Crippen molar-refractivity contribution in [3.05, 3.63) is 93.5 Å². The van der Waals surface area contributed by atoms with Crippen LogP contribution in [0.1, 0.15) is 21.7 Å². The zero-order chi connectivity index (χ0) is 30.1. The fourth-order valence-corrected chi connectivity index (χ4v) is 4.45. The summed E-state index contributed by atoms with van der Waals surface area (Å²) in [5.41, 5.74) is 1.51. The Morgan fingerprint density at radius 1 is 0.952 bits per heavy atom. The maximum atomic E-state index is 15.1. The van der Waals surface area contributed by atoms with Crippen molar-refractivity contribution in [2.24, 2.45) is 7.05 Å². The van der Waals surface area contributed by atoms with E-state index in [-0.39, 0.29) is 28.6 Å². The van der Waals surface area contributed by atoms with E-state index in [4.69, 9.17) is 14.2 Å². The van der Waals surface area contributed by atoms with E-state index in [0.29, 0.717) is 33.6 Å². The second-order valence-corrected chi connectivity index (χ2v) is 9.30. The van der Waals surface area contributed by atoms with Crippen molar-refractivity contribution in [1.29, 1.82) is 0 Å². The fraction of sp³-hybridized carbons (Fsp3) is 0.167. The SMILES string of the molecule is COc1cc2nccc(Oc3ccc(NC(=O)c4nn(C)c(C)c(-c5ccc(F)cc5C)c4=O)cc3F)c2nc1OC. The Morgan fingerprint density at radius 2 is 1.74 bits per heavy atom. The van der Waals surface area contributed by atoms with Gasteiger partial charge < -0.3 is 19.5 Å². The summed E-state index contributed by atoms with van der Waals surface area (Å²) < 4.78 is 46.5. The second kappa shape index (κ2) is 11.2. The maximum Gasteiger partial charge on any atom is 0.280 e. The van der Waals surface area contributed by atoms with Gasteiger partial charge in [0.05, 0.1) is 25.3 Å². The first-order chi connectivity index (χ1) is 20.1. The number of carbonyl (C=O) groups excluding carboxylic acids is 1. The van der Waals surface area contributed by atoms with E-state index in [1.807, 2.05) is 0 Å². The number of nitrogens with one attached hydrogen (secondary N) is 1. The van der Waals surface area contributed by atoms with Crippen molar-refractivity contribution in [2.75, 3.05) is 19.5 Å². The third-order valence-corrected chi connectivity index (χ3v) is 6.64. The average Bonchev–Trinajstić information content (AvgIpc) is 2.96. The number of ether oxygens (including phenoxy) is 3. The maximum absolute atomic E-state index is 15.1. The van der Waals surface area contributed by atoms with Crippen LogP contribution >= 0.6 is 0 Å². The molecular formula is C30H25F2N5O5. The fourth-order valence-electron chi connectivity index (χ4n) is 4.45. The van der Waals surface area contributed by atoms with Crippen LogP contribution in [0.5, 0.6) is 23.1 Å². The van der Waals surface area contributed by atoms with E-state index in [1.54, 1.807) is 27.0 Å². The largest absolute Gasteiger partial charge is 0.491 e. The van der Waals surface area contributed by atoms with Crippen LogP contribution in [0.2, 0.25) is 0 Å². The van der Waals surface area contributed by atoms with Gasteiger partial charge in [0.25, 0.3) is 11.8 Å². The molecule has 0 aliphatic rings. The summed E-state index contributed by atoms with van der Waals surface area (Å²) in [5, 5.41) is 6.63. The minimum atomic E-state index is -0.838. The first kappa shape index (κ1) is 28.1. The number of carbonyl (C=O) groups is 1. The Labute approximate surface area is 238 Å². The molecule has 2 aromatic carbocycles. The van der Waals surface area contributed by atoms with Crippen LogP contribution in [0, 0.1) is 25.5 Å². The molecule has 214 valence electrons. The zero-order valence-corrected chi connectivity index (χ0v) is 23.3. The highest BCUT2D eigenvalue weighted by Gasteiger charge is 2.22. The molecule has 0 unspecified atom stereocenters. The molecule has 1 amide bonds. The van der Waals surface area contributed by atoms with Gasteiger partial charge in [0.1, 0.15) is 11.3 Å². The summed E-state index contributed by atoms with van der Waals surface area (Å²) in [6, 6.07) is 11.0. The summed E-state index contributed by atoms with van der Waals surface area (Å²) in [7, 11) is 4.50. The number of amides is 1. The van der Waals surface area contributed by atoms with E-state index < -0.39 is 28.7 Å². The highest BCUT2D eigenvalue weighted by Crippen LogP contribution is 2.35. The number of aryl methyl sites for hydroxylation is 2. The Hall–Kier alpha value is -5.39. The summed E-state index contributed by atoms with van der Waals surface area (Å²) in [4.78, 5) is 35.1. The van der Waals surface area contributed by atoms with Crippen LogP contribution in [0.25, 0.3) is 22.2 Å². The van der Waals surface area contributed by atoms with Gasteiger partial charge >= 0.3 is 0 Å². The molecule has 1 N–H and O–H groups in total. The Kier molecular flexibility index (Phi) is 7.53. The van der Waals surface area contributed by atoms with Gasteiger partial charge in [0, 0.05) is 42.8 Å². The first-order valence-electron chi connectivity index (χ1n) is 12.6. The lowest BCUT2D eigenvalue weighted by molar-refractivity contribution is 0.101. The van der Waals surface area contributed by atoms with Crippen LogP contribution < -0.4 is 25.0 Å². The summed E-state index contributed by atoms with van der Waals surface area (Å²) in [6.07, 6.45) is 1.48. The Bertz CT molecular complexity index is 1930. The number of anilines is 1. The number of halogens is 2. The van der Waals surface area contributed by atoms with Gasteiger partial charge in [-0.2, -0.15) is 5.10 Å². The van der Waals surface area contributed by atoms with Crippen LogP contribution in [0.15, 0.2) is 59.5 Å². The van der Waals surface area contributed by atoms with Crippen molar-refractivity contribution in [2.45, 2.75) is 13.8 Å². The highest BCUT2D eigenvalue weighted by molar-refractivity contribution is 6.03. The number of pyridine rings is 2. The van der Waals surface area contributed by atoms with E-state index in [2.05, 4.69) is 20.4 Å². The molecule has 0 spiro atoms. The molecule has 0 bridgehead atoms. The average molecular weight is 574 g/mol. The van der Waals surface area contributed by atoms with Gasteiger partial charge in [-0.15, -0.1) is 0 Å². The third kappa shape index (κ3) is 5.21. The van der Waals surface area contributed by atoms with Crippen LogP contribution in [0.4, 0.5) is 14.5 Å². The van der Waals surface area contributed by atoms with Gasteiger partial charge in [-0.25, -0.2) is 13.8 Å². The van der Waals surface area contributed by atoms with Crippen LogP contribution in [0.3, 0.4) is 0 Å². The number of methoxy groups -OCH3 is 2. The van der Waals surface area contributed by atoms with E-state index in [1.165, 1.54) is 61.5 Å². The predicted molar refractivity (Wildman–Crippen MR) is 151 cm³/mol. The molecule has 42 heavy (non-hydrogen) atoms. The number of hydrogen-bond donors (Lipinski definition) is 1. The normalized spacial score (nSPS) is 10.9. The molecule has 0 atom stereocenters. The van der Waals surface area contributed by atoms with Crippen molar-refractivity contribution in [3.8, 4) is 34.3 Å². The summed E-state index contributed by atoms with van der Waals surface area (Å²) in [5.74, 6) is -1.42. The first-order valence-corrected chi connectivity index (χ1v) is 12.6. The van der Waals surface area contributed by atoms with Gasteiger partial charge in [-0.3, -0.25) is 19.3 Å². The minimum Gasteiger partial charge on any atom is -0.491 e. The number of hydrogen-bond acceptors (Lipinski definition) is 8. The van der Waals surface area contributed by atoms with Gasteiger partial charge in [0.2, 0.25) is 5.43 Å². The lowest BCUT2D eigenvalue weighted by atomic mass is 9.98. The van der Waals surface area contributed by atoms with Crippen LogP contribution in [-0.4, -0.2) is 39.9 Å². The molecule has 0 saturated heterocycles. The van der Waals surface area contributed by atoms with Gasteiger partial charge in [-0.1, -0.05) is 6.07 Å². The molecule has 12 heteroatoms. The zero-order valence-electron chi connectivity index (χ0n) is 23.3.